The molecule has 0 saturated heterocycles. The van der Waals surface area contributed by atoms with Gasteiger partial charge >= 0.3 is 0 Å². The van der Waals surface area contributed by atoms with E-state index in [-0.39, 0.29) is 13.2 Å². The molecular weight excluding hydrogens is 152 g/mol. The molecule has 12 heavy (non-hydrogen) atoms. The van der Waals surface area contributed by atoms with E-state index in [0.29, 0.717) is 0 Å². The maximum Gasteiger partial charge on any atom is 0.0662 e. The van der Waals surface area contributed by atoms with Crippen molar-refractivity contribution in [2.75, 3.05) is 13.2 Å². The van der Waals surface area contributed by atoms with E-state index in [9.17, 15) is 0 Å². The van der Waals surface area contributed by atoms with Gasteiger partial charge in [0.25, 0.3) is 0 Å². The van der Waals surface area contributed by atoms with Gasteiger partial charge in [-0.05, 0) is 25.7 Å². The minimum absolute atomic E-state index is 0.125. The van der Waals surface area contributed by atoms with Crippen LogP contribution < -0.4 is 0 Å². The molecular formula is C10H20O2. The van der Waals surface area contributed by atoms with E-state index in [4.69, 9.17) is 10.2 Å². The summed E-state index contributed by atoms with van der Waals surface area (Å²) in [5.74, 6) is 0. The van der Waals surface area contributed by atoms with Gasteiger partial charge in [-0.2, -0.15) is 0 Å². The minimum Gasteiger partial charge on any atom is -0.394 e. The van der Waals surface area contributed by atoms with Crippen molar-refractivity contribution in [1.82, 2.24) is 0 Å². The van der Waals surface area contributed by atoms with E-state index in [1.807, 2.05) is 12.2 Å². The molecule has 0 aliphatic rings. The largest absolute Gasteiger partial charge is 0.394 e. The van der Waals surface area contributed by atoms with Crippen LogP contribution in [0.3, 0.4) is 0 Å². The Morgan fingerprint density at radius 1 is 0.833 bits per heavy atom. The van der Waals surface area contributed by atoms with Gasteiger partial charge in [0, 0.05) is 0 Å². The summed E-state index contributed by atoms with van der Waals surface area (Å²) in [7, 11) is 0. The molecule has 0 aliphatic heterocycles. The molecule has 2 N–H and O–H groups in total. The van der Waals surface area contributed by atoms with Gasteiger partial charge in [0.05, 0.1) is 13.2 Å². The average molecular weight is 172 g/mol. The molecule has 0 aliphatic carbocycles. The molecule has 0 bridgehead atoms. The van der Waals surface area contributed by atoms with E-state index >= 15 is 0 Å². The highest BCUT2D eigenvalue weighted by atomic mass is 16.3. The zero-order chi connectivity index (χ0) is 9.66. The highest BCUT2D eigenvalue weighted by molar-refractivity contribution is 4.69. The summed E-state index contributed by atoms with van der Waals surface area (Å²) in [4.78, 5) is 0. The van der Waals surface area contributed by atoms with Crippen LogP contribution in [0.2, 0.25) is 0 Å². The van der Waals surface area contributed by atoms with Crippen molar-refractivity contribution < 1.29 is 10.2 Å². The van der Waals surface area contributed by atoms with E-state index in [1.54, 1.807) is 0 Å². The fraction of sp³-hybridized carbons (Fsp3) is 0.600. The number of allylic oxidation sites excluding steroid dienone is 2. The van der Waals surface area contributed by atoms with Gasteiger partial charge in [-0.15, -0.1) is 13.2 Å². The molecule has 0 aromatic heterocycles. The third kappa shape index (κ3) is 22.7. The maximum atomic E-state index is 7.62. The maximum absolute atomic E-state index is 7.62. The lowest BCUT2D eigenvalue weighted by molar-refractivity contribution is 0.186. The molecule has 0 spiro atoms. The van der Waals surface area contributed by atoms with Gasteiger partial charge in [0.15, 0.2) is 0 Å². The predicted octanol–water partition coefficient (Wildman–Crippen LogP) is 1.89. The Kier molecular flexibility index (Phi) is 19.5. The van der Waals surface area contributed by atoms with E-state index in [1.165, 1.54) is 12.8 Å². The van der Waals surface area contributed by atoms with Gasteiger partial charge < -0.3 is 10.2 Å². The van der Waals surface area contributed by atoms with Crippen LogP contribution in [-0.2, 0) is 0 Å². The lowest BCUT2D eigenvalue weighted by Gasteiger charge is -1.89. The van der Waals surface area contributed by atoms with Crippen LogP contribution in [0.4, 0.5) is 0 Å². The van der Waals surface area contributed by atoms with E-state index in [0.717, 1.165) is 12.8 Å². The van der Waals surface area contributed by atoms with Crippen molar-refractivity contribution in [3.8, 4) is 0 Å². The van der Waals surface area contributed by atoms with Gasteiger partial charge in [-0.25, -0.2) is 0 Å². The minimum atomic E-state index is -0.125. The van der Waals surface area contributed by atoms with Crippen LogP contribution in [-0.4, -0.2) is 23.4 Å². The standard InChI is InChI=1S/C8H14.C2H6O2/c1-3-5-7-8-6-4-2;3-1-2-4/h3-4H,1-2,5-8H2;3-4H,1-2H2. The highest BCUT2D eigenvalue weighted by Crippen LogP contribution is 1.99. The second-order valence-electron chi connectivity index (χ2n) is 2.31. The first-order chi connectivity index (χ1) is 5.83. The van der Waals surface area contributed by atoms with Crippen LogP contribution in [0.15, 0.2) is 25.3 Å². The summed E-state index contributed by atoms with van der Waals surface area (Å²) in [5.41, 5.74) is 0. The zero-order valence-corrected chi connectivity index (χ0v) is 7.71. The zero-order valence-electron chi connectivity index (χ0n) is 7.71. The fourth-order valence-electron chi connectivity index (χ4n) is 0.577. The number of unbranched alkanes of at least 4 members (excludes halogenated alkanes) is 3. The molecule has 2 nitrogen and oxygen atoms in total. The first-order valence-electron chi connectivity index (χ1n) is 4.27. The predicted molar refractivity (Wildman–Crippen MR) is 53.0 cm³/mol. The van der Waals surface area contributed by atoms with Crippen molar-refractivity contribution in [3.63, 3.8) is 0 Å². The molecule has 0 aromatic rings. The molecule has 72 valence electrons. The Morgan fingerprint density at radius 2 is 1.17 bits per heavy atom. The Bertz CT molecular complexity index is 77.8. The third-order valence-electron chi connectivity index (χ3n) is 1.17. The number of aliphatic hydroxyl groups is 2. The van der Waals surface area contributed by atoms with Crippen molar-refractivity contribution in [2.24, 2.45) is 0 Å². The topological polar surface area (TPSA) is 40.5 Å². The normalized spacial score (nSPS) is 8.17. The molecule has 0 unspecified atom stereocenters. The third-order valence-corrected chi connectivity index (χ3v) is 1.17. The summed E-state index contributed by atoms with van der Waals surface area (Å²) >= 11 is 0. The van der Waals surface area contributed by atoms with E-state index < -0.39 is 0 Å². The monoisotopic (exact) mass is 172 g/mol. The molecule has 0 rings (SSSR count). The van der Waals surface area contributed by atoms with Crippen molar-refractivity contribution in [3.05, 3.63) is 25.3 Å². The molecule has 0 amide bonds. The number of hydrogen-bond acceptors (Lipinski definition) is 2. The highest BCUT2D eigenvalue weighted by Gasteiger charge is 1.79. The molecule has 2 heteroatoms. The van der Waals surface area contributed by atoms with E-state index in [2.05, 4.69) is 13.2 Å². The van der Waals surface area contributed by atoms with Gasteiger partial charge in [-0.3, -0.25) is 0 Å². The molecule has 0 radical (unpaired) electrons. The van der Waals surface area contributed by atoms with Gasteiger partial charge in [0.1, 0.15) is 0 Å². The number of hydrogen-bond donors (Lipinski definition) is 2. The second kappa shape index (κ2) is 16.8. The summed E-state index contributed by atoms with van der Waals surface area (Å²) in [5, 5.41) is 15.2. The SMILES string of the molecule is C=CCCCCC=C.OCCO. The molecule has 0 heterocycles. The van der Waals surface area contributed by atoms with Crippen molar-refractivity contribution >= 4 is 0 Å². The molecule has 0 aromatic carbocycles. The molecule has 0 saturated carbocycles. The van der Waals surface area contributed by atoms with Crippen LogP contribution in [0.5, 0.6) is 0 Å². The number of rotatable bonds is 6. The summed E-state index contributed by atoms with van der Waals surface area (Å²) < 4.78 is 0. The molecule has 0 fully saturated rings. The van der Waals surface area contributed by atoms with Crippen LogP contribution in [0.25, 0.3) is 0 Å². The summed E-state index contributed by atoms with van der Waals surface area (Å²) in [6, 6.07) is 0. The van der Waals surface area contributed by atoms with Crippen LogP contribution in [0.1, 0.15) is 25.7 Å². The van der Waals surface area contributed by atoms with Crippen LogP contribution >= 0.6 is 0 Å². The Balaban J connectivity index is 0. The van der Waals surface area contributed by atoms with Gasteiger partial charge in [-0.1, -0.05) is 12.2 Å². The van der Waals surface area contributed by atoms with Gasteiger partial charge in [0.2, 0.25) is 0 Å². The Hall–Kier alpha value is -0.600. The first-order valence-corrected chi connectivity index (χ1v) is 4.27. The first kappa shape index (κ1) is 14.0. The van der Waals surface area contributed by atoms with Crippen molar-refractivity contribution in [2.45, 2.75) is 25.7 Å². The Morgan fingerprint density at radius 3 is 1.33 bits per heavy atom. The second-order valence-corrected chi connectivity index (χ2v) is 2.31. The Labute approximate surface area is 75.2 Å². The number of aliphatic hydroxyl groups excluding tert-OH is 2. The van der Waals surface area contributed by atoms with Crippen LogP contribution in [0, 0.1) is 0 Å². The fourth-order valence-corrected chi connectivity index (χ4v) is 0.577. The summed E-state index contributed by atoms with van der Waals surface area (Å²) in [6.07, 6.45) is 8.74. The lowest BCUT2D eigenvalue weighted by atomic mass is 10.2. The average Bonchev–Trinajstić information content (AvgIpc) is 2.13. The quantitative estimate of drug-likeness (QED) is 0.474. The van der Waals surface area contributed by atoms with Crippen molar-refractivity contribution in [1.29, 1.82) is 0 Å². The summed E-state index contributed by atoms with van der Waals surface area (Å²) in [6.45, 7) is 7.01. The molecule has 0 atom stereocenters. The smallest absolute Gasteiger partial charge is 0.0662 e. The lowest BCUT2D eigenvalue weighted by Crippen LogP contribution is -1.85.